The summed E-state index contributed by atoms with van der Waals surface area (Å²) in [6.45, 7) is 2.23. The Morgan fingerprint density at radius 3 is 2.76 bits per heavy atom. The van der Waals surface area contributed by atoms with Crippen LogP contribution >= 0.6 is 11.6 Å². The van der Waals surface area contributed by atoms with Gasteiger partial charge in [0, 0.05) is 17.1 Å². The monoisotopic (exact) mass is 247 g/mol. The quantitative estimate of drug-likeness (QED) is 0.798. The molecule has 0 aliphatic heterocycles. The first-order chi connectivity index (χ1) is 8.24. The first-order valence-electron chi connectivity index (χ1n) is 6.42. The van der Waals surface area contributed by atoms with Crippen LogP contribution in [0, 0.1) is 11.8 Å². The second kappa shape index (κ2) is 4.47. The van der Waals surface area contributed by atoms with Gasteiger partial charge in [-0.3, -0.25) is 0 Å². The van der Waals surface area contributed by atoms with E-state index in [2.05, 4.69) is 36.5 Å². The molecule has 2 aliphatic carbocycles. The van der Waals surface area contributed by atoms with Gasteiger partial charge < -0.3 is 5.32 Å². The van der Waals surface area contributed by atoms with Crippen LogP contribution in [0.25, 0.3) is 0 Å². The normalized spacial score (nSPS) is 32.0. The summed E-state index contributed by atoms with van der Waals surface area (Å²) in [6, 6.07) is 9.24. The lowest BCUT2D eigenvalue weighted by molar-refractivity contribution is 0.152. The second-order valence-corrected chi connectivity index (χ2v) is 5.72. The van der Waals surface area contributed by atoms with Gasteiger partial charge in [-0.05, 0) is 49.3 Å². The van der Waals surface area contributed by atoms with Gasteiger partial charge in [-0.15, -0.1) is 0 Å². The molecule has 17 heavy (non-hydrogen) atoms. The highest BCUT2D eigenvalue weighted by atomic mass is 35.5. The van der Waals surface area contributed by atoms with E-state index in [0.29, 0.717) is 12.1 Å². The van der Waals surface area contributed by atoms with Crippen molar-refractivity contribution < 1.29 is 0 Å². The number of rotatable bonds is 3. The van der Waals surface area contributed by atoms with Gasteiger partial charge in [0.1, 0.15) is 0 Å². The van der Waals surface area contributed by atoms with Gasteiger partial charge in [0.15, 0.2) is 0 Å². The van der Waals surface area contributed by atoms with E-state index >= 15 is 0 Å². The molecule has 0 spiro atoms. The molecule has 90 valence electrons. The van der Waals surface area contributed by atoms with E-state index in [1.54, 1.807) is 0 Å². The topological polar surface area (TPSA) is 12.0 Å². The highest BCUT2D eigenvalue weighted by Crippen LogP contribution is 2.43. The number of fused-ring (bicyclic) bond motifs is 1. The van der Waals surface area contributed by atoms with E-state index in [1.807, 2.05) is 12.1 Å². The SMILES string of the molecule is C[C@@H](NC1CC2CC=CC21)c1ccc(Cl)cc1. The molecule has 1 N–H and O–H groups in total. The van der Waals surface area contributed by atoms with Crippen molar-refractivity contribution >= 4 is 11.6 Å². The number of allylic oxidation sites excluding steroid dienone is 1. The minimum absolute atomic E-state index is 0.409. The number of halogens is 1. The Morgan fingerprint density at radius 2 is 2.06 bits per heavy atom. The molecule has 3 rings (SSSR count). The summed E-state index contributed by atoms with van der Waals surface area (Å²) in [5.74, 6) is 1.70. The molecule has 1 fully saturated rings. The molecule has 0 radical (unpaired) electrons. The van der Waals surface area contributed by atoms with E-state index in [9.17, 15) is 0 Å². The van der Waals surface area contributed by atoms with Crippen molar-refractivity contribution in [3.63, 3.8) is 0 Å². The highest BCUT2D eigenvalue weighted by Gasteiger charge is 2.41. The smallest absolute Gasteiger partial charge is 0.0406 e. The van der Waals surface area contributed by atoms with Gasteiger partial charge in [0.2, 0.25) is 0 Å². The third-order valence-corrected chi connectivity index (χ3v) is 4.45. The lowest BCUT2D eigenvalue weighted by Crippen LogP contribution is -2.48. The highest BCUT2D eigenvalue weighted by molar-refractivity contribution is 6.30. The Kier molecular flexibility index (Phi) is 2.97. The van der Waals surface area contributed by atoms with Crippen LogP contribution in [0.4, 0.5) is 0 Å². The van der Waals surface area contributed by atoms with Crippen LogP contribution in [0.3, 0.4) is 0 Å². The van der Waals surface area contributed by atoms with Crippen LogP contribution in [0.2, 0.25) is 5.02 Å². The Balaban J connectivity index is 1.62. The van der Waals surface area contributed by atoms with Gasteiger partial charge in [0.05, 0.1) is 0 Å². The summed E-state index contributed by atoms with van der Waals surface area (Å²) in [6.07, 6.45) is 7.35. The third-order valence-electron chi connectivity index (χ3n) is 4.20. The van der Waals surface area contributed by atoms with Crippen LogP contribution in [0.5, 0.6) is 0 Å². The molecular formula is C15H18ClN. The van der Waals surface area contributed by atoms with Crippen LogP contribution in [-0.4, -0.2) is 6.04 Å². The summed E-state index contributed by atoms with van der Waals surface area (Å²) in [4.78, 5) is 0. The Labute approximate surface area is 108 Å². The van der Waals surface area contributed by atoms with Crippen molar-refractivity contribution in [3.05, 3.63) is 47.0 Å². The van der Waals surface area contributed by atoms with Crippen LogP contribution in [-0.2, 0) is 0 Å². The Morgan fingerprint density at radius 1 is 1.29 bits per heavy atom. The molecule has 1 aromatic carbocycles. The average molecular weight is 248 g/mol. The van der Waals surface area contributed by atoms with Crippen LogP contribution < -0.4 is 5.32 Å². The molecular weight excluding hydrogens is 230 g/mol. The van der Waals surface area contributed by atoms with Crippen molar-refractivity contribution in [1.82, 2.24) is 5.32 Å². The Hall–Kier alpha value is -0.790. The lowest BCUT2D eigenvalue weighted by Gasteiger charge is -2.42. The fourth-order valence-corrected chi connectivity index (χ4v) is 3.20. The zero-order valence-corrected chi connectivity index (χ0v) is 10.8. The van der Waals surface area contributed by atoms with E-state index < -0.39 is 0 Å². The molecule has 2 heteroatoms. The standard InChI is InChI=1S/C15H18ClN/c1-10(11-5-7-13(16)8-6-11)17-15-9-12-3-2-4-14(12)15/h2,4-8,10,12,14-15,17H,3,9H2,1H3/t10-,12?,14?,15?/m1/s1. The van der Waals surface area contributed by atoms with Crippen LogP contribution in [0.1, 0.15) is 31.4 Å². The number of hydrogen-bond donors (Lipinski definition) is 1. The Bertz CT molecular complexity index is 423. The summed E-state index contributed by atoms with van der Waals surface area (Å²) < 4.78 is 0. The maximum Gasteiger partial charge on any atom is 0.0406 e. The minimum Gasteiger partial charge on any atom is -0.307 e. The molecule has 0 saturated heterocycles. The van der Waals surface area contributed by atoms with Crippen molar-refractivity contribution in [2.45, 2.75) is 31.8 Å². The number of benzene rings is 1. The van der Waals surface area contributed by atoms with Gasteiger partial charge in [-0.2, -0.15) is 0 Å². The van der Waals surface area contributed by atoms with Gasteiger partial charge in [-0.1, -0.05) is 35.9 Å². The van der Waals surface area contributed by atoms with E-state index in [0.717, 1.165) is 16.9 Å². The third kappa shape index (κ3) is 2.14. The molecule has 1 aromatic rings. The predicted octanol–water partition coefficient (Wildman–Crippen LogP) is 3.96. The lowest BCUT2D eigenvalue weighted by atomic mass is 9.71. The van der Waals surface area contributed by atoms with Gasteiger partial charge in [0.25, 0.3) is 0 Å². The zero-order chi connectivity index (χ0) is 11.8. The number of nitrogens with one attached hydrogen (secondary N) is 1. The first-order valence-corrected chi connectivity index (χ1v) is 6.80. The summed E-state index contributed by atoms with van der Waals surface area (Å²) in [7, 11) is 0. The molecule has 0 amide bonds. The molecule has 3 unspecified atom stereocenters. The molecule has 4 atom stereocenters. The van der Waals surface area contributed by atoms with E-state index in [4.69, 9.17) is 11.6 Å². The maximum absolute atomic E-state index is 5.90. The molecule has 1 saturated carbocycles. The molecule has 1 nitrogen and oxygen atoms in total. The zero-order valence-electron chi connectivity index (χ0n) is 10.1. The summed E-state index contributed by atoms with van der Waals surface area (Å²) in [5.41, 5.74) is 1.32. The van der Waals surface area contributed by atoms with Crippen molar-refractivity contribution in [1.29, 1.82) is 0 Å². The van der Waals surface area contributed by atoms with E-state index in [1.165, 1.54) is 18.4 Å². The molecule has 0 bridgehead atoms. The average Bonchev–Trinajstić information content (AvgIpc) is 2.68. The molecule has 0 aromatic heterocycles. The largest absolute Gasteiger partial charge is 0.307 e. The summed E-state index contributed by atoms with van der Waals surface area (Å²) >= 11 is 5.90. The van der Waals surface area contributed by atoms with Crippen molar-refractivity contribution in [2.24, 2.45) is 11.8 Å². The van der Waals surface area contributed by atoms with Crippen molar-refractivity contribution in [3.8, 4) is 0 Å². The fraction of sp³-hybridized carbons (Fsp3) is 0.467. The molecule has 2 aliphatic rings. The molecule has 0 heterocycles. The summed E-state index contributed by atoms with van der Waals surface area (Å²) in [5, 5.41) is 4.54. The minimum atomic E-state index is 0.409. The van der Waals surface area contributed by atoms with Crippen molar-refractivity contribution in [2.75, 3.05) is 0 Å². The van der Waals surface area contributed by atoms with Gasteiger partial charge >= 0.3 is 0 Å². The first kappa shape index (κ1) is 11.3. The predicted molar refractivity (Wildman–Crippen MR) is 72.1 cm³/mol. The van der Waals surface area contributed by atoms with Crippen LogP contribution in [0.15, 0.2) is 36.4 Å². The number of hydrogen-bond acceptors (Lipinski definition) is 1. The van der Waals surface area contributed by atoms with E-state index in [-0.39, 0.29) is 0 Å². The van der Waals surface area contributed by atoms with Gasteiger partial charge in [-0.25, -0.2) is 0 Å². The fourth-order valence-electron chi connectivity index (χ4n) is 3.08. The maximum atomic E-state index is 5.90. The second-order valence-electron chi connectivity index (χ2n) is 5.28.